The van der Waals surface area contributed by atoms with Crippen molar-refractivity contribution in [2.24, 2.45) is 5.73 Å². The molecule has 4 atom stereocenters. The van der Waals surface area contributed by atoms with E-state index in [0.717, 1.165) is 10.9 Å². The number of carboxylic acids is 3. The Kier molecular flexibility index (Phi) is 12.4. The summed E-state index contributed by atoms with van der Waals surface area (Å²) < 4.78 is 0. The first-order valence-corrected chi connectivity index (χ1v) is 13.7. The zero-order valence-corrected chi connectivity index (χ0v) is 22.5. The molecule has 0 saturated carbocycles. The fourth-order valence-electron chi connectivity index (χ4n) is 3.84. The van der Waals surface area contributed by atoms with Crippen molar-refractivity contribution in [2.45, 2.75) is 56.3 Å². The number of aromatic nitrogens is 1. The Morgan fingerprint density at radius 2 is 1.50 bits per heavy atom. The van der Waals surface area contributed by atoms with E-state index in [4.69, 9.17) is 10.8 Å². The first kappa shape index (κ1) is 32.1. The highest BCUT2D eigenvalue weighted by Crippen LogP contribution is 2.19. The minimum Gasteiger partial charge on any atom is -0.481 e. The van der Waals surface area contributed by atoms with Gasteiger partial charge >= 0.3 is 17.9 Å². The molecule has 15 heteroatoms. The third kappa shape index (κ3) is 9.89. The van der Waals surface area contributed by atoms with Crippen molar-refractivity contribution < 1.29 is 44.1 Å². The summed E-state index contributed by atoms with van der Waals surface area (Å²) >= 11 is 1.37. The van der Waals surface area contributed by atoms with Crippen molar-refractivity contribution in [2.75, 3.05) is 12.0 Å². The van der Waals surface area contributed by atoms with Gasteiger partial charge in [-0.3, -0.25) is 24.0 Å². The largest absolute Gasteiger partial charge is 0.481 e. The summed E-state index contributed by atoms with van der Waals surface area (Å²) in [4.78, 5) is 75.6. The molecule has 0 fully saturated rings. The number of aromatic amines is 1. The highest BCUT2D eigenvalue weighted by atomic mass is 32.2. The van der Waals surface area contributed by atoms with Gasteiger partial charge in [0.25, 0.3) is 0 Å². The first-order valence-electron chi connectivity index (χ1n) is 12.3. The second kappa shape index (κ2) is 15.5. The maximum Gasteiger partial charge on any atom is 0.326 e. The number of nitrogens with one attached hydrogen (secondary N) is 4. The number of carbonyl (C=O) groups excluding carboxylic acids is 3. The molecule has 40 heavy (non-hydrogen) atoms. The average molecular weight is 580 g/mol. The van der Waals surface area contributed by atoms with Gasteiger partial charge in [0.2, 0.25) is 17.7 Å². The molecule has 3 amide bonds. The number of H-pyrrole nitrogens is 1. The van der Waals surface area contributed by atoms with Gasteiger partial charge in [-0.1, -0.05) is 18.2 Å². The molecular weight excluding hydrogens is 546 g/mol. The second-order valence-corrected chi connectivity index (χ2v) is 9.99. The van der Waals surface area contributed by atoms with Crippen LogP contribution in [0.2, 0.25) is 0 Å². The second-order valence-electron chi connectivity index (χ2n) is 9.00. The zero-order valence-electron chi connectivity index (χ0n) is 21.7. The lowest BCUT2D eigenvalue weighted by molar-refractivity contribution is -0.143. The van der Waals surface area contributed by atoms with Crippen LogP contribution in [0.15, 0.2) is 30.5 Å². The van der Waals surface area contributed by atoms with E-state index in [1.165, 1.54) is 11.8 Å². The van der Waals surface area contributed by atoms with Crippen LogP contribution in [0.4, 0.5) is 0 Å². The molecule has 0 aliphatic rings. The molecule has 0 saturated heterocycles. The van der Waals surface area contributed by atoms with Gasteiger partial charge in [0, 0.05) is 29.9 Å². The van der Waals surface area contributed by atoms with Crippen molar-refractivity contribution in [3.05, 3.63) is 36.0 Å². The van der Waals surface area contributed by atoms with Gasteiger partial charge < -0.3 is 42.0 Å². The Labute approximate surface area is 233 Å². The molecule has 1 heterocycles. The van der Waals surface area contributed by atoms with E-state index in [-0.39, 0.29) is 19.3 Å². The number of rotatable bonds is 17. The number of fused-ring (bicyclic) bond motifs is 1. The number of carboxylic acid groups (broad SMARTS) is 3. The van der Waals surface area contributed by atoms with E-state index in [9.17, 15) is 39.0 Å². The number of amides is 3. The average Bonchev–Trinajstić information content (AvgIpc) is 3.30. The first-order chi connectivity index (χ1) is 18.9. The van der Waals surface area contributed by atoms with Crippen LogP contribution in [-0.2, 0) is 35.2 Å². The van der Waals surface area contributed by atoms with E-state index < -0.39 is 72.6 Å². The molecular formula is C25H33N5O9S. The molecule has 2 rings (SSSR count). The lowest BCUT2D eigenvalue weighted by atomic mass is 10.0. The van der Waals surface area contributed by atoms with Crippen LogP contribution in [0.25, 0.3) is 10.9 Å². The predicted molar refractivity (Wildman–Crippen MR) is 146 cm³/mol. The highest BCUT2D eigenvalue weighted by Gasteiger charge is 2.31. The van der Waals surface area contributed by atoms with Crippen molar-refractivity contribution in [1.82, 2.24) is 20.9 Å². The van der Waals surface area contributed by atoms with Crippen molar-refractivity contribution in [3.8, 4) is 0 Å². The van der Waals surface area contributed by atoms with Gasteiger partial charge in [0.05, 0.1) is 12.5 Å². The SMILES string of the molecule is CSCCC(NC(=O)C(CC(=O)O)NC(=O)C(N)CCC(=O)O)C(=O)NC(Cc1c[nH]c2ccccc12)C(=O)O. The highest BCUT2D eigenvalue weighted by molar-refractivity contribution is 7.98. The van der Waals surface area contributed by atoms with Crippen LogP contribution in [-0.4, -0.2) is 92.1 Å². The minimum absolute atomic E-state index is 0.0415. The molecule has 2 aromatic rings. The minimum atomic E-state index is -1.62. The standard InChI is InChI=1S/C25H33N5O9S/c1-40-9-8-17(28-24(37)18(11-21(33)34)29-22(35)15(26)6-7-20(31)32)23(36)30-19(25(38)39)10-13-12-27-16-5-3-2-4-14(13)16/h2-5,12,15,17-19,27H,6-11,26H2,1H3,(H,28,37)(H,29,35)(H,30,36)(H,31,32)(H,33,34)(H,38,39). The number of benzene rings is 1. The van der Waals surface area contributed by atoms with Crippen LogP contribution < -0.4 is 21.7 Å². The number of nitrogens with two attached hydrogens (primary N) is 1. The molecule has 0 radical (unpaired) electrons. The zero-order chi connectivity index (χ0) is 29.8. The van der Waals surface area contributed by atoms with Crippen molar-refractivity contribution in [1.29, 1.82) is 0 Å². The maximum absolute atomic E-state index is 13.1. The van der Waals surface area contributed by atoms with Gasteiger partial charge in [-0.15, -0.1) is 0 Å². The summed E-state index contributed by atoms with van der Waals surface area (Å²) in [5.74, 6) is -6.23. The number of aliphatic carboxylic acids is 3. The summed E-state index contributed by atoms with van der Waals surface area (Å²) in [6.45, 7) is 0. The topological polar surface area (TPSA) is 241 Å². The molecule has 0 bridgehead atoms. The van der Waals surface area contributed by atoms with Crippen LogP contribution >= 0.6 is 11.8 Å². The summed E-state index contributed by atoms with van der Waals surface area (Å²) in [6, 6.07) is 1.76. The van der Waals surface area contributed by atoms with Crippen LogP contribution in [0.3, 0.4) is 0 Å². The maximum atomic E-state index is 13.1. The van der Waals surface area contributed by atoms with Gasteiger partial charge in [0.15, 0.2) is 0 Å². The molecule has 218 valence electrons. The molecule has 1 aromatic heterocycles. The fourth-order valence-corrected chi connectivity index (χ4v) is 4.31. The number of para-hydroxylation sites is 1. The molecule has 4 unspecified atom stereocenters. The van der Waals surface area contributed by atoms with E-state index in [0.29, 0.717) is 11.3 Å². The Bertz CT molecular complexity index is 1230. The number of hydrogen-bond donors (Lipinski definition) is 8. The molecule has 0 aliphatic carbocycles. The Balaban J connectivity index is 2.15. The number of carbonyl (C=O) groups is 6. The lowest BCUT2D eigenvalue weighted by Gasteiger charge is -2.24. The van der Waals surface area contributed by atoms with Gasteiger partial charge in [-0.2, -0.15) is 11.8 Å². The van der Waals surface area contributed by atoms with Gasteiger partial charge in [-0.05, 0) is 36.5 Å². The summed E-state index contributed by atoms with van der Waals surface area (Å²) in [6.07, 6.45) is 1.97. The monoisotopic (exact) mass is 579 g/mol. The molecule has 0 aliphatic heterocycles. The number of thioether (sulfide) groups is 1. The summed E-state index contributed by atoms with van der Waals surface area (Å²) in [5.41, 5.74) is 7.12. The van der Waals surface area contributed by atoms with Crippen LogP contribution in [0, 0.1) is 0 Å². The van der Waals surface area contributed by atoms with Crippen LogP contribution in [0.1, 0.15) is 31.2 Å². The lowest BCUT2D eigenvalue weighted by Crippen LogP contribution is -2.57. The molecule has 9 N–H and O–H groups in total. The van der Waals surface area contributed by atoms with Crippen molar-refractivity contribution >= 4 is 58.3 Å². The third-order valence-electron chi connectivity index (χ3n) is 5.97. The van der Waals surface area contributed by atoms with E-state index in [1.54, 1.807) is 18.5 Å². The van der Waals surface area contributed by atoms with E-state index >= 15 is 0 Å². The van der Waals surface area contributed by atoms with E-state index in [1.807, 2.05) is 18.2 Å². The predicted octanol–water partition coefficient (Wildman–Crippen LogP) is -0.331. The Morgan fingerprint density at radius 3 is 2.12 bits per heavy atom. The molecule has 14 nitrogen and oxygen atoms in total. The van der Waals surface area contributed by atoms with Crippen LogP contribution in [0.5, 0.6) is 0 Å². The Hall–Kier alpha value is -4.11. The van der Waals surface area contributed by atoms with Crippen molar-refractivity contribution in [3.63, 3.8) is 0 Å². The van der Waals surface area contributed by atoms with Gasteiger partial charge in [-0.25, -0.2) is 4.79 Å². The molecule has 0 spiro atoms. The van der Waals surface area contributed by atoms with E-state index in [2.05, 4.69) is 20.9 Å². The number of hydrogen-bond acceptors (Lipinski definition) is 8. The fraction of sp³-hybridized carbons (Fsp3) is 0.440. The summed E-state index contributed by atoms with van der Waals surface area (Å²) in [5, 5.41) is 35.6. The quantitative estimate of drug-likeness (QED) is 0.121. The smallest absolute Gasteiger partial charge is 0.326 e. The Morgan fingerprint density at radius 1 is 0.875 bits per heavy atom. The third-order valence-corrected chi connectivity index (χ3v) is 6.62. The molecule has 1 aromatic carbocycles. The van der Waals surface area contributed by atoms with Gasteiger partial charge in [0.1, 0.15) is 18.1 Å². The summed E-state index contributed by atoms with van der Waals surface area (Å²) in [7, 11) is 0. The normalized spacial score (nSPS) is 13.9.